The topological polar surface area (TPSA) is 167 Å². The van der Waals surface area contributed by atoms with Crippen LogP contribution in [0.5, 0.6) is 0 Å². The fraction of sp³-hybridized carbons (Fsp3) is 0.250. The Labute approximate surface area is 132 Å². The number of aryl methyl sites for hydroxylation is 1. The molecule has 1 heterocycles. The summed E-state index contributed by atoms with van der Waals surface area (Å²) < 4.78 is 22.7. The largest absolute Gasteiger partial charge is 0.399 e. The number of benzene rings is 1. The zero-order valence-corrected chi connectivity index (χ0v) is 13.1. The number of nitrogens with zero attached hydrogens (tertiary/aromatic N) is 3. The van der Waals surface area contributed by atoms with Crippen molar-refractivity contribution in [1.82, 2.24) is 9.55 Å². The quantitative estimate of drug-likeness (QED) is 0.399. The SMILES string of the molecule is Cc1ncc([N+](=O)[O-])n1CCO.Nc1ccc(S(N)(=O)=O)cc1. The number of anilines is 1. The van der Waals surface area contributed by atoms with E-state index in [9.17, 15) is 18.5 Å². The Balaban J connectivity index is 0.000000231. The van der Waals surface area contributed by atoms with Crippen LogP contribution in [0.4, 0.5) is 11.5 Å². The van der Waals surface area contributed by atoms with Crippen LogP contribution in [0.15, 0.2) is 35.4 Å². The summed E-state index contributed by atoms with van der Waals surface area (Å²) in [6.07, 6.45) is 1.19. The van der Waals surface area contributed by atoms with E-state index in [-0.39, 0.29) is 23.9 Å². The molecule has 5 N–H and O–H groups in total. The van der Waals surface area contributed by atoms with Crippen LogP contribution in [0.3, 0.4) is 0 Å². The zero-order chi connectivity index (χ0) is 17.6. The van der Waals surface area contributed by atoms with Gasteiger partial charge in [0.1, 0.15) is 12.7 Å². The number of nitrogen functional groups attached to an aromatic ring is 1. The van der Waals surface area contributed by atoms with Gasteiger partial charge in [-0.15, -0.1) is 0 Å². The van der Waals surface area contributed by atoms with Gasteiger partial charge in [0.15, 0.2) is 5.82 Å². The predicted octanol–water partition coefficient (Wildman–Crippen LogP) is 0.00822. The molecule has 0 fully saturated rings. The average Bonchev–Trinajstić information content (AvgIpc) is 2.81. The van der Waals surface area contributed by atoms with Crippen molar-refractivity contribution in [2.75, 3.05) is 12.3 Å². The van der Waals surface area contributed by atoms with Crippen LogP contribution in [-0.2, 0) is 16.6 Å². The number of rotatable bonds is 4. The summed E-state index contributed by atoms with van der Waals surface area (Å²) in [4.78, 5) is 13.7. The third-order valence-corrected chi connectivity index (χ3v) is 3.68. The van der Waals surface area contributed by atoms with Gasteiger partial charge in [0.2, 0.25) is 10.0 Å². The summed E-state index contributed by atoms with van der Waals surface area (Å²) in [6, 6.07) is 5.70. The number of aromatic nitrogens is 2. The first kappa shape index (κ1) is 18.5. The Morgan fingerprint density at radius 3 is 2.35 bits per heavy atom. The van der Waals surface area contributed by atoms with Gasteiger partial charge in [0.05, 0.1) is 11.5 Å². The molecule has 0 radical (unpaired) electrons. The van der Waals surface area contributed by atoms with Gasteiger partial charge in [-0.2, -0.15) is 0 Å². The van der Waals surface area contributed by atoms with E-state index in [1.807, 2.05) is 0 Å². The second-order valence-corrected chi connectivity index (χ2v) is 5.97. The lowest BCUT2D eigenvalue weighted by molar-refractivity contribution is -0.392. The van der Waals surface area contributed by atoms with Crippen molar-refractivity contribution in [2.45, 2.75) is 18.4 Å². The number of primary sulfonamides is 1. The molecule has 0 aliphatic carbocycles. The van der Waals surface area contributed by atoms with Gasteiger partial charge >= 0.3 is 5.82 Å². The molecule has 0 saturated heterocycles. The number of hydrogen-bond donors (Lipinski definition) is 3. The van der Waals surface area contributed by atoms with E-state index in [4.69, 9.17) is 16.0 Å². The van der Waals surface area contributed by atoms with Crippen molar-refractivity contribution < 1.29 is 18.4 Å². The third-order valence-electron chi connectivity index (χ3n) is 2.75. The summed E-state index contributed by atoms with van der Waals surface area (Å²) in [7, 11) is -3.58. The van der Waals surface area contributed by atoms with Crippen molar-refractivity contribution in [1.29, 1.82) is 0 Å². The van der Waals surface area contributed by atoms with E-state index in [1.54, 1.807) is 6.92 Å². The van der Waals surface area contributed by atoms with Gasteiger partial charge in [0.25, 0.3) is 0 Å². The second kappa shape index (κ2) is 7.67. The van der Waals surface area contributed by atoms with E-state index in [1.165, 1.54) is 35.0 Å². The summed E-state index contributed by atoms with van der Waals surface area (Å²) in [6.45, 7) is 1.74. The molecule has 23 heavy (non-hydrogen) atoms. The standard InChI is InChI=1S/C6H9N3O3.C6H8N2O2S/c1-5-7-4-6(9(11)12)8(5)2-3-10;7-5-1-3-6(4-2-5)11(8,9)10/h4,10H,2-3H2,1H3;1-4H,7H2,(H2,8,9,10). The molecule has 0 unspecified atom stereocenters. The lowest BCUT2D eigenvalue weighted by Gasteiger charge is -1.98. The molecule has 1 aromatic heterocycles. The molecule has 0 aliphatic rings. The Morgan fingerprint density at radius 1 is 1.35 bits per heavy atom. The summed E-state index contributed by atoms with van der Waals surface area (Å²) in [5.41, 5.74) is 5.85. The Morgan fingerprint density at radius 2 is 1.91 bits per heavy atom. The normalized spacial score (nSPS) is 10.7. The zero-order valence-electron chi connectivity index (χ0n) is 12.3. The minimum Gasteiger partial charge on any atom is -0.399 e. The van der Waals surface area contributed by atoms with Crippen LogP contribution in [0.2, 0.25) is 0 Å². The molecular formula is C12H17N5O5S. The fourth-order valence-corrected chi connectivity index (χ4v) is 2.15. The fourth-order valence-electron chi connectivity index (χ4n) is 1.64. The van der Waals surface area contributed by atoms with Crippen molar-refractivity contribution in [3.63, 3.8) is 0 Å². The van der Waals surface area contributed by atoms with Crippen LogP contribution in [0.25, 0.3) is 0 Å². The summed E-state index contributed by atoms with van der Waals surface area (Å²) in [5, 5.41) is 23.8. The van der Waals surface area contributed by atoms with E-state index in [0.717, 1.165) is 0 Å². The molecule has 126 valence electrons. The van der Waals surface area contributed by atoms with Crippen molar-refractivity contribution in [3.05, 3.63) is 46.4 Å². The maximum Gasteiger partial charge on any atom is 0.342 e. The first-order chi connectivity index (χ1) is 10.7. The number of imidazole rings is 1. The predicted molar refractivity (Wildman–Crippen MR) is 82.9 cm³/mol. The molecule has 0 saturated carbocycles. The van der Waals surface area contributed by atoms with Crippen molar-refractivity contribution in [3.8, 4) is 0 Å². The smallest absolute Gasteiger partial charge is 0.342 e. The van der Waals surface area contributed by atoms with Crippen LogP contribution in [0.1, 0.15) is 5.82 Å². The Hall–Kier alpha value is -2.50. The molecule has 1 aromatic carbocycles. The van der Waals surface area contributed by atoms with E-state index in [2.05, 4.69) is 4.98 Å². The summed E-state index contributed by atoms with van der Waals surface area (Å²) >= 11 is 0. The van der Waals surface area contributed by atoms with Gasteiger partial charge in [-0.05, 0) is 29.2 Å². The van der Waals surface area contributed by atoms with Gasteiger partial charge in [-0.25, -0.2) is 23.1 Å². The molecule has 0 spiro atoms. The number of sulfonamides is 1. The first-order valence-corrected chi connectivity index (χ1v) is 7.87. The first-order valence-electron chi connectivity index (χ1n) is 6.32. The highest BCUT2D eigenvalue weighted by molar-refractivity contribution is 7.89. The molecule has 10 nitrogen and oxygen atoms in total. The number of aliphatic hydroxyl groups excluding tert-OH is 1. The number of nitro groups is 1. The molecule has 2 aromatic rings. The molecule has 0 amide bonds. The van der Waals surface area contributed by atoms with Gasteiger partial charge in [-0.3, -0.25) is 0 Å². The lowest BCUT2D eigenvalue weighted by atomic mass is 10.3. The molecule has 11 heteroatoms. The van der Waals surface area contributed by atoms with Crippen molar-refractivity contribution >= 4 is 21.5 Å². The second-order valence-electron chi connectivity index (χ2n) is 4.41. The molecule has 0 bridgehead atoms. The minimum atomic E-state index is -3.58. The maximum atomic E-state index is 10.7. The Kier molecular flexibility index (Phi) is 6.18. The van der Waals surface area contributed by atoms with E-state index in [0.29, 0.717) is 11.5 Å². The third kappa shape index (κ3) is 5.32. The monoisotopic (exact) mass is 343 g/mol. The molecule has 0 aliphatic heterocycles. The highest BCUT2D eigenvalue weighted by atomic mass is 32.2. The van der Waals surface area contributed by atoms with Crippen LogP contribution in [-0.4, -0.2) is 34.6 Å². The minimum absolute atomic E-state index is 0.0756. The highest BCUT2D eigenvalue weighted by Crippen LogP contribution is 2.12. The van der Waals surface area contributed by atoms with Crippen LogP contribution >= 0.6 is 0 Å². The van der Waals surface area contributed by atoms with Crippen LogP contribution in [0, 0.1) is 17.0 Å². The van der Waals surface area contributed by atoms with E-state index < -0.39 is 14.9 Å². The van der Waals surface area contributed by atoms with Crippen molar-refractivity contribution in [2.24, 2.45) is 5.14 Å². The number of aliphatic hydroxyl groups is 1. The molecule has 0 atom stereocenters. The van der Waals surface area contributed by atoms with Gasteiger partial charge in [-0.1, -0.05) is 0 Å². The highest BCUT2D eigenvalue weighted by Gasteiger charge is 2.15. The van der Waals surface area contributed by atoms with Crippen LogP contribution < -0.4 is 10.9 Å². The number of nitrogens with two attached hydrogens (primary N) is 2. The molecular weight excluding hydrogens is 326 g/mol. The average molecular weight is 343 g/mol. The molecule has 2 rings (SSSR count). The number of hydrogen-bond acceptors (Lipinski definition) is 7. The van der Waals surface area contributed by atoms with Gasteiger partial charge in [0, 0.05) is 12.6 Å². The van der Waals surface area contributed by atoms with Gasteiger partial charge < -0.3 is 21.0 Å². The maximum absolute atomic E-state index is 10.7. The Bertz CT molecular complexity index is 770. The lowest BCUT2D eigenvalue weighted by Crippen LogP contribution is -2.11. The summed E-state index contributed by atoms with van der Waals surface area (Å²) in [5.74, 6) is 0.456. The van der Waals surface area contributed by atoms with E-state index >= 15 is 0 Å².